The van der Waals surface area contributed by atoms with E-state index in [0.29, 0.717) is 24.4 Å². The van der Waals surface area contributed by atoms with Crippen molar-refractivity contribution >= 4 is 11.6 Å². The third kappa shape index (κ3) is 2.35. The van der Waals surface area contributed by atoms with Gasteiger partial charge < -0.3 is 14.7 Å². The molecule has 18 heavy (non-hydrogen) atoms. The van der Waals surface area contributed by atoms with Crippen LogP contribution in [0.2, 0.25) is 0 Å². The molecule has 1 saturated heterocycles. The number of morpholine rings is 1. The zero-order valence-electron chi connectivity index (χ0n) is 9.87. The van der Waals surface area contributed by atoms with Crippen molar-refractivity contribution in [2.45, 2.75) is 12.5 Å². The lowest BCUT2D eigenvalue weighted by atomic mass is 10.1. The highest BCUT2D eigenvalue weighted by Gasteiger charge is 2.30. The maximum atomic E-state index is 12.2. The third-order valence-corrected chi connectivity index (χ3v) is 2.88. The molecule has 1 unspecified atom stereocenters. The molecule has 1 N–H and O–H groups in total. The Hall–Kier alpha value is -1.90. The largest absolute Gasteiger partial charge is 0.396 e. The molecule has 2 rings (SSSR count). The molecule has 1 aliphatic rings. The van der Waals surface area contributed by atoms with E-state index < -0.39 is 6.10 Å². The van der Waals surface area contributed by atoms with Gasteiger partial charge in [-0.15, -0.1) is 0 Å². The standard InChI is InChI=1S/C13H14N2O3/c14-9-10-3-1-2-4-11(10)15-6-8-18-12(5-7-16)13(15)17/h1-4,12,16H,5-8H2. The minimum absolute atomic E-state index is 0.0931. The zero-order chi connectivity index (χ0) is 13.0. The lowest BCUT2D eigenvalue weighted by Gasteiger charge is -2.32. The van der Waals surface area contributed by atoms with Gasteiger partial charge in [0.15, 0.2) is 0 Å². The molecule has 1 atom stereocenters. The summed E-state index contributed by atoms with van der Waals surface area (Å²) in [6, 6.07) is 9.06. The third-order valence-electron chi connectivity index (χ3n) is 2.88. The normalized spacial score (nSPS) is 19.7. The summed E-state index contributed by atoms with van der Waals surface area (Å²) in [6.45, 7) is 0.750. The molecule has 0 bridgehead atoms. The average molecular weight is 246 g/mol. The number of hydrogen-bond acceptors (Lipinski definition) is 4. The summed E-state index contributed by atoms with van der Waals surface area (Å²) in [6.07, 6.45) is -0.333. The van der Waals surface area contributed by atoms with Crippen molar-refractivity contribution in [3.05, 3.63) is 29.8 Å². The minimum atomic E-state index is -0.615. The van der Waals surface area contributed by atoms with Crippen molar-refractivity contribution in [1.29, 1.82) is 5.26 Å². The highest BCUT2D eigenvalue weighted by Crippen LogP contribution is 2.23. The second kappa shape index (κ2) is 5.63. The van der Waals surface area contributed by atoms with Crippen molar-refractivity contribution in [3.8, 4) is 6.07 Å². The predicted molar refractivity (Wildman–Crippen MR) is 65.0 cm³/mol. The number of rotatable bonds is 3. The molecular weight excluding hydrogens is 232 g/mol. The molecular formula is C13H14N2O3. The van der Waals surface area contributed by atoms with Gasteiger partial charge in [0.25, 0.3) is 5.91 Å². The molecule has 5 nitrogen and oxygen atoms in total. The van der Waals surface area contributed by atoms with Crippen LogP contribution >= 0.6 is 0 Å². The molecule has 1 aliphatic heterocycles. The van der Waals surface area contributed by atoms with Crippen molar-refractivity contribution in [1.82, 2.24) is 0 Å². The van der Waals surface area contributed by atoms with Crippen molar-refractivity contribution in [3.63, 3.8) is 0 Å². The molecule has 0 aromatic heterocycles. The Kier molecular flexibility index (Phi) is 3.92. The van der Waals surface area contributed by atoms with Crippen LogP contribution in [0.15, 0.2) is 24.3 Å². The summed E-state index contributed by atoms with van der Waals surface area (Å²) >= 11 is 0. The van der Waals surface area contributed by atoms with Crippen LogP contribution in [0.1, 0.15) is 12.0 Å². The molecule has 0 aliphatic carbocycles. The van der Waals surface area contributed by atoms with Crippen molar-refractivity contribution < 1.29 is 14.6 Å². The predicted octanol–water partition coefficient (Wildman–Crippen LogP) is 0.672. The fourth-order valence-electron chi connectivity index (χ4n) is 2.01. The molecule has 94 valence electrons. The summed E-state index contributed by atoms with van der Waals surface area (Å²) in [7, 11) is 0. The Bertz CT molecular complexity index is 479. The Balaban J connectivity index is 2.27. The zero-order valence-corrected chi connectivity index (χ0v) is 9.87. The van der Waals surface area contributed by atoms with Gasteiger partial charge in [-0.1, -0.05) is 12.1 Å². The van der Waals surface area contributed by atoms with E-state index in [1.54, 1.807) is 29.2 Å². The van der Waals surface area contributed by atoms with Crippen molar-refractivity contribution in [2.75, 3.05) is 24.7 Å². The number of anilines is 1. The highest BCUT2D eigenvalue weighted by molar-refractivity contribution is 5.98. The second-order valence-electron chi connectivity index (χ2n) is 3.99. The molecule has 1 aromatic rings. The molecule has 0 radical (unpaired) electrons. The highest BCUT2D eigenvalue weighted by atomic mass is 16.5. The van der Waals surface area contributed by atoms with E-state index in [1.807, 2.05) is 0 Å². The number of nitrogens with zero attached hydrogens (tertiary/aromatic N) is 2. The molecule has 0 spiro atoms. The van der Waals surface area contributed by atoms with E-state index in [9.17, 15) is 4.79 Å². The Morgan fingerprint density at radius 2 is 2.28 bits per heavy atom. The summed E-state index contributed by atoms with van der Waals surface area (Å²) < 4.78 is 5.32. The molecule has 1 fully saturated rings. The van der Waals surface area contributed by atoms with Gasteiger partial charge in [0.05, 0.1) is 17.9 Å². The maximum absolute atomic E-state index is 12.2. The van der Waals surface area contributed by atoms with E-state index in [1.165, 1.54) is 0 Å². The van der Waals surface area contributed by atoms with Crippen LogP contribution in [-0.4, -0.2) is 36.9 Å². The van der Waals surface area contributed by atoms with Gasteiger partial charge in [-0.3, -0.25) is 4.79 Å². The number of hydrogen-bond donors (Lipinski definition) is 1. The monoisotopic (exact) mass is 246 g/mol. The van der Waals surface area contributed by atoms with E-state index in [0.717, 1.165) is 0 Å². The van der Waals surface area contributed by atoms with Gasteiger partial charge in [-0.05, 0) is 12.1 Å². The number of nitriles is 1. The number of aliphatic hydroxyl groups excluding tert-OH is 1. The number of aliphatic hydroxyl groups is 1. The van der Waals surface area contributed by atoms with Gasteiger partial charge in [0, 0.05) is 19.6 Å². The van der Waals surface area contributed by atoms with Crippen LogP contribution in [0.4, 0.5) is 5.69 Å². The first-order valence-corrected chi connectivity index (χ1v) is 5.81. The van der Waals surface area contributed by atoms with Crippen molar-refractivity contribution in [2.24, 2.45) is 0 Å². The molecule has 5 heteroatoms. The van der Waals surface area contributed by atoms with Gasteiger partial charge in [-0.25, -0.2) is 0 Å². The van der Waals surface area contributed by atoms with Gasteiger partial charge in [0.2, 0.25) is 0 Å². The molecule has 1 heterocycles. The topological polar surface area (TPSA) is 73.6 Å². The second-order valence-corrected chi connectivity index (χ2v) is 3.99. The van der Waals surface area contributed by atoms with Crippen LogP contribution in [0, 0.1) is 11.3 Å². The first-order valence-electron chi connectivity index (χ1n) is 5.81. The maximum Gasteiger partial charge on any atom is 0.256 e. The van der Waals surface area contributed by atoms with Crippen LogP contribution in [0.5, 0.6) is 0 Å². The molecule has 1 aromatic carbocycles. The van der Waals surface area contributed by atoms with Gasteiger partial charge >= 0.3 is 0 Å². The Morgan fingerprint density at radius 1 is 1.50 bits per heavy atom. The van der Waals surface area contributed by atoms with Crippen LogP contribution in [-0.2, 0) is 9.53 Å². The fraction of sp³-hybridized carbons (Fsp3) is 0.385. The fourth-order valence-corrected chi connectivity index (χ4v) is 2.01. The quantitative estimate of drug-likeness (QED) is 0.850. The number of para-hydroxylation sites is 1. The van der Waals surface area contributed by atoms with E-state index in [2.05, 4.69) is 6.07 Å². The van der Waals surface area contributed by atoms with E-state index in [4.69, 9.17) is 15.1 Å². The van der Waals surface area contributed by atoms with Gasteiger partial charge in [-0.2, -0.15) is 5.26 Å². The SMILES string of the molecule is N#Cc1ccccc1N1CCOC(CCO)C1=O. The number of ether oxygens (including phenoxy) is 1. The molecule has 0 saturated carbocycles. The first-order chi connectivity index (χ1) is 8.77. The Morgan fingerprint density at radius 3 is 3.00 bits per heavy atom. The van der Waals surface area contributed by atoms with Crippen LogP contribution in [0.25, 0.3) is 0 Å². The number of carbonyl (C=O) groups excluding carboxylic acids is 1. The van der Waals surface area contributed by atoms with E-state index in [-0.39, 0.29) is 18.9 Å². The number of carbonyl (C=O) groups is 1. The van der Waals surface area contributed by atoms with Crippen LogP contribution in [0.3, 0.4) is 0 Å². The molecule has 1 amide bonds. The number of benzene rings is 1. The van der Waals surface area contributed by atoms with E-state index >= 15 is 0 Å². The minimum Gasteiger partial charge on any atom is -0.396 e. The summed E-state index contributed by atoms with van der Waals surface area (Å²) in [5.41, 5.74) is 1.08. The lowest BCUT2D eigenvalue weighted by molar-refractivity contribution is -0.134. The summed E-state index contributed by atoms with van der Waals surface area (Å²) in [5.74, 6) is -0.196. The lowest BCUT2D eigenvalue weighted by Crippen LogP contribution is -2.48. The van der Waals surface area contributed by atoms with Crippen LogP contribution < -0.4 is 4.90 Å². The smallest absolute Gasteiger partial charge is 0.256 e. The summed E-state index contributed by atoms with van der Waals surface area (Å²) in [4.78, 5) is 13.7. The Labute approximate surface area is 105 Å². The number of amides is 1. The summed E-state index contributed by atoms with van der Waals surface area (Å²) in [5, 5.41) is 17.9. The first kappa shape index (κ1) is 12.6. The van der Waals surface area contributed by atoms with Gasteiger partial charge in [0.1, 0.15) is 12.2 Å². The average Bonchev–Trinajstić information content (AvgIpc) is 2.41.